The Hall–Kier alpha value is -2.17. The first-order chi connectivity index (χ1) is 12.8. The molecule has 27 heavy (non-hydrogen) atoms. The summed E-state index contributed by atoms with van der Waals surface area (Å²) >= 11 is 3.03. The number of esters is 1. The summed E-state index contributed by atoms with van der Waals surface area (Å²) in [6, 6.07) is 0.967. The summed E-state index contributed by atoms with van der Waals surface area (Å²) in [5.41, 5.74) is -0.839. The zero-order valence-electron chi connectivity index (χ0n) is 14.7. The maximum absolute atomic E-state index is 15.0. The summed E-state index contributed by atoms with van der Waals surface area (Å²) in [5.74, 6) is -3.89. The van der Waals surface area contributed by atoms with Crippen LogP contribution in [0.5, 0.6) is 0 Å². The predicted molar refractivity (Wildman–Crippen MR) is 95.2 cm³/mol. The van der Waals surface area contributed by atoms with Crippen molar-refractivity contribution in [2.45, 2.75) is 32.1 Å². The number of hydrogen-bond donors (Lipinski definition) is 0. The van der Waals surface area contributed by atoms with Crippen LogP contribution in [0.15, 0.2) is 20.9 Å². The second kappa shape index (κ2) is 9.67. The van der Waals surface area contributed by atoms with Gasteiger partial charge in [-0.25, -0.2) is 8.78 Å². The second-order valence-electron chi connectivity index (χ2n) is 5.99. The highest BCUT2D eigenvalue weighted by Crippen LogP contribution is 2.37. The standard InChI is InChI=1S/C16H19BrF2N4O4/c1-2-27-13(24)7-10(9-23(25)26)14-11(17)8-12(18)16(15(14)19)20-21-22-5-3-4-6-22/h8,10H,2-7,9H2,1H3/b21-20+. The van der Waals surface area contributed by atoms with Gasteiger partial charge in [0.05, 0.1) is 18.9 Å². The fourth-order valence-electron chi connectivity index (χ4n) is 2.82. The molecular weight excluding hydrogens is 430 g/mol. The molecule has 0 aromatic heterocycles. The van der Waals surface area contributed by atoms with E-state index >= 15 is 0 Å². The van der Waals surface area contributed by atoms with Crippen molar-refractivity contribution in [3.05, 3.63) is 37.9 Å². The van der Waals surface area contributed by atoms with Gasteiger partial charge in [0, 0.05) is 28.0 Å². The molecule has 0 bridgehead atoms. The van der Waals surface area contributed by atoms with E-state index in [4.69, 9.17) is 4.74 Å². The van der Waals surface area contributed by atoms with Crippen molar-refractivity contribution >= 4 is 27.6 Å². The van der Waals surface area contributed by atoms with Crippen LogP contribution in [0.4, 0.5) is 14.5 Å². The molecule has 1 aliphatic heterocycles. The number of carbonyl (C=O) groups is 1. The fourth-order valence-corrected chi connectivity index (χ4v) is 3.52. The highest BCUT2D eigenvalue weighted by molar-refractivity contribution is 9.10. The topological polar surface area (TPSA) is 97.4 Å². The Morgan fingerprint density at radius 3 is 2.70 bits per heavy atom. The molecule has 0 N–H and O–H groups in total. The number of halogens is 3. The largest absolute Gasteiger partial charge is 0.466 e. The molecule has 1 aromatic carbocycles. The molecule has 0 spiro atoms. The lowest BCUT2D eigenvalue weighted by Gasteiger charge is -2.17. The van der Waals surface area contributed by atoms with E-state index in [0.717, 1.165) is 18.9 Å². The predicted octanol–water partition coefficient (Wildman–Crippen LogP) is 4.14. The number of rotatable bonds is 8. The number of ether oxygens (including phenoxy) is 1. The molecule has 0 aliphatic carbocycles. The molecule has 8 nitrogen and oxygen atoms in total. The van der Waals surface area contributed by atoms with Gasteiger partial charge in [-0.1, -0.05) is 21.2 Å². The van der Waals surface area contributed by atoms with Crippen LogP contribution in [0.3, 0.4) is 0 Å². The Morgan fingerprint density at radius 1 is 1.44 bits per heavy atom. The van der Waals surface area contributed by atoms with Crippen LogP contribution < -0.4 is 0 Å². The summed E-state index contributed by atoms with van der Waals surface area (Å²) in [6.45, 7) is 2.24. The third kappa shape index (κ3) is 5.65. The first kappa shape index (κ1) is 21.1. The lowest BCUT2D eigenvalue weighted by molar-refractivity contribution is -0.483. The van der Waals surface area contributed by atoms with Crippen molar-refractivity contribution in [3.8, 4) is 0 Å². The van der Waals surface area contributed by atoms with Gasteiger partial charge in [0.1, 0.15) is 0 Å². The molecule has 1 atom stereocenters. The second-order valence-corrected chi connectivity index (χ2v) is 6.84. The Kier molecular flexibility index (Phi) is 7.57. The molecule has 1 unspecified atom stereocenters. The summed E-state index contributed by atoms with van der Waals surface area (Å²) in [4.78, 5) is 22.1. The van der Waals surface area contributed by atoms with Crippen molar-refractivity contribution < 1.29 is 23.2 Å². The number of nitrogens with zero attached hydrogens (tertiary/aromatic N) is 4. The van der Waals surface area contributed by atoms with E-state index in [2.05, 4.69) is 26.3 Å². The van der Waals surface area contributed by atoms with Crippen LogP contribution in [0.1, 0.15) is 37.7 Å². The van der Waals surface area contributed by atoms with E-state index in [1.54, 1.807) is 11.9 Å². The van der Waals surface area contributed by atoms with Gasteiger partial charge in [0.15, 0.2) is 17.3 Å². The fraction of sp³-hybridized carbons (Fsp3) is 0.562. The van der Waals surface area contributed by atoms with Gasteiger partial charge in [-0.3, -0.25) is 19.9 Å². The molecule has 1 aromatic rings. The van der Waals surface area contributed by atoms with Crippen LogP contribution in [0.25, 0.3) is 0 Å². The summed E-state index contributed by atoms with van der Waals surface area (Å²) in [7, 11) is 0. The Balaban J connectivity index is 2.40. The van der Waals surface area contributed by atoms with Crippen LogP contribution >= 0.6 is 15.9 Å². The van der Waals surface area contributed by atoms with Gasteiger partial charge in [0.2, 0.25) is 6.54 Å². The zero-order chi connectivity index (χ0) is 20.0. The molecule has 148 valence electrons. The summed E-state index contributed by atoms with van der Waals surface area (Å²) in [5, 5.41) is 20.1. The van der Waals surface area contributed by atoms with Gasteiger partial charge in [0.25, 0.3) is 0 Å². The first-order valence-electron chi connectivity index (χ1n) is 8.44. The lowest BCUT2D eigenvalue weighted by Crippen LogP contribution is -2.19. The minimum Gasteiger partial charge on any atom is -0.466 e. The van der Waals surface area contributed by atoms with E-state index < -0.39 is 47.1 Å². The zero-order valence-corrected chi connectivity index (χ0v) is 16.2. The molecule has 0 radical (unpaired) electrons. The van der Waals surface area contributed by atoms with E-state index in [1.165, 1.54) is 0 Å². The van der Waals surface area contributed by atoms with Crippen molar-refractivity contribution in [3.63, 3.8) is 0 Å². The Morgan fingerprint density at radius 2 is 2.11 bits per heavy atom. The van der Waals surface area contributed by atoms with E-state index in [0.29, 0.717) is 13.1 Å². The van der Waals surface area contributed by atoms with E-state index in [1.807, 2.05) is 0 Å². The summed E-state index contributed by atoms with van der Waals surface area (Å²) < 4.78 is 34.0. The highest BCUT2D eigenvalue weighted by Gasteiger charge is 2.30. The van der Waals surface area contributed by atoms with Crippen LogP contribution in [0, 0.1) is 21.7 Å². The van der Waals surface area contributed by atoms with Crippen LogP contribution in [0.2, 0.25) is 0 Å². The monoisotopic (exact) mass is 448 g/mol. The molecule has 2 rings (SSSR count). The first-order valence-corrected chi connectivity index (χ1v) is 9.24. The van der Waals surface area contributed by atoms with E-state index in [-0.39, 0.29) is 16.6 Å². The van der Waals surface area contributed by atoms with Crippen molar-refractivity contribution in [2.75, 3.05) is 26.2 Å². The highest BCUT2D eigenvalue weighted by atomic mass is 79.9. The number of carbonyl (C=O) groups excluding carboxylic acids is 1. The van der Waals surface area contributed by atoms with Crippen LogP contribution in [-0.2, 0) is 9.53 Å². The van der Waals surface area contributed by atoms with Crippen molar-refractivity contribution in [1.82, 2.24) is 5.01 Å². The Bertz CT molecular complexity index is 742. The maximum atomic E-state index is 15.0. The number of nitro groups is 1. The van der Waals surface area contributed by atoms with Crippen molar-refractivity contribution in [2.24, 2.45) is 10.3 Å². The number of benzene rings is 1. The Labute approximate surface area is 162 Å². The van der Waals surface area contributed by atoms with Gasteiger partial charge in [-0.15, -0.1) is 5.11 Å². The van der Waals surface area contributed by atoms with Gasteiger partial charge < -0.3 is 4.74 Å². The third-order valence-corrected chi connectivity index (χ3v) is 4.69. The van der Waals surface area contributed by atoms with Gasteiger partial charge >= 0.3 is 5.97 Å². The number of hydrogen-bond acceptors (Lipinski definition) is 6. The molecule has 0 saturated carbocycles. The summed E-state index contributed by atoms with van der Waals surface area (Å²) in [6.07, 6.45) is 1.42. The minimum absolute atomic E-state index is 0.0197. The molecule has 1 aliphatic rings. The molecular formula is C16H19BrF2N4O4. The van der Waals surface area contributed by atoms with Crippen LogP contribution in [-0.4, -0.2) is 42.1 Å². The molecule has 0 amide bonds. The molecule has 1 heterocycles. The average Bonchev–Trinajstić information content (AvgIpc) is 3.07. The minimum atomic E-state index is -1.14. The van der Waals surface area contributed by atoms with E-state index in [9.17, 15) is 23.7 Å². The molecule has 1 fully saturated rings. The smallest absolute Gasteiger partial charge is 0.306 e. The SMILES string of the molecule is CCOC(=O)CC(C[N+](=O)[O-])c1c(Br)cc(F)c(/N=N/N2CCCC2)c1F. The average molecular weight is 449 g/mol. The third-order valence-electron chi connectivity index (χ3n) is 4.03. The van der Waals surface area contributed by atoms with Gasteiger partial charge in [-0.2, -0.15) is 0 Å². The molecule has 11 heteroatoms. The maximum Gasteiger partial charge on any atom is 0.306 e. The van der Waals surface area contributed by atoms with Crippen molar-refractivity contribution in [1.29, 1.82) is 0 Å². The normalized spacial score (nSPS) is 15.3. The molecule has 1 saturated heterocycles. The lowest BCUT2D eigenvalue weighted by atomic mass is 9.94. The van der Waals surface area contributed by atoms with Gasteiger partial charge in [-0.05, 0) is 25.8 Å². The quantitative estimate of drug-likeness (QED) is 0.257.